The van der Waals surface area contributed by atoms with E-state index in [-0.39, 0.29) is 11.8 Å². The summed E-state index contributed by atoms with van der Waals surface area (Å²) in [7, 11) is 0. The molecule has 0 bridgehead atoms. The highest BCUT2D eigenvalue weighted by atomic mass is 19.1. The third kappa shape index (κ3) is 6.84. The van der Waals surface area contributed by atoms with Gasteiger partial charge in [-0.15, -0.1) is 0 Å². The summed E-state index contributed by atoms with van der Waals surface area (Å²) in [6.45, 7) is 6.28. The fraction of sp³-hybridized carbons (Fsp3) is 0.458. The quantitative estimate of drug-likeness (QED) is 0.427. The Kier molecular flexibility index (Phi) is 9.10. The normalized spacial score (nSPS) is 13.2. The van der Waals surface area contributed by atoms with Crippen LogP contribution in [0.1, 0.15) is 64.5 Å². The molecule has 3 nitrogen and oxygen atoms in total. The van der Waals surface area contributed by atoms with Crippen molar-refractivity contribution in [3.63, 3.8) is 0 Å². The van der Waals surface area contributed by atoms with Crippen molar-refractivity contribution in [2.24, 2.45) is 5.92 Å². The van der Waals surface area contributed by atoms with E-state index < -0.39 is 23.6 Å². The van der Waals surface area contributed by atoms with Crippen molar-refractivity contribution in [1.29, 1.82) is 0 Å². The highest BCUT2D eigenvalue weighted by molar-refractivity contribution is 5.81. The number of benzene rings is 2. The average molecular weight is 404 g/mol. The molecule has 2 aromatic rings. The van der Waals surface area contributed by atoms with Gasteiger partial charge in [-0.05, 0) is 42.9 Å². The van der Waals surface area contributed by atoms with Gasteiger partial charge in [-0.3, -0.25) is 0 Å². The van der Waals surface area contributed by atoms with Gasteiger partial charge in [-0.25, -0.2) is 13.6 Å². The zero-order chi connectivity index (χ0) is 21.2. The Morgan fingerprint density at radius 3 is 2.07 bits per heavy atom. The maximum absolute atomic E-state index is 13.6. The van der Waals surface area contributed by atoms with Crippen LogP contribution in [-0.4, -0.2) is 12.1 Å². The van der Waals surface area contributed by atoms with Crippen LogP contribution < -0.4 is 5.32 Å². The number of anilines is 1. The van der Waals surface area contributed by atoms with E-state index in [4.69, 9.17) is 4.74 Å². The summed E-state index contributed by atoms with van der Waals surface area (Å²) >= 11 is 0. The predicted molar refractivity (Wildman–Crippen MR) is 113 cm³/mol. The summed E-state index contributed by atoms with van der Waals surface area (Å²) in [5, 5.41) is 2.95. The number of halogens is 2. The van der Waals surface area contributed by atoms with Crippen LogP contribution in [0.3, 0.4) is 0 Å². The number of esters is 1. The molecule has 0 fully saturated rings. The van der Waals surface area contributed by atoms with Crippen molar-refractivity contribution in [2.45, 2.75) is 65.0 Å². The molecule has 1 N–H and O–H groups in total. The molecule has 2 aromatic carbocycles. The van der Waals surface area contributed by atoms with Crippen molar-refractivity contribution in [1.82, 2.24) is 0 Å². The number of nitrogens with one attached hydrogen (secondary N) is 1. The highest BCUT2D eigenvalue weighted by Crippen LogP contribution is 2.27. The third-order valence-corrected chi connectivity index (χ3v) is 5.06. The molecule has 2 atom stereocenters. The summed E-state index contributed by atoms with van der Waals surface area (Å²) < 4.78 is 33.2. The molecule has 5 heteroatoms. The van der Waals surface area contributed by atoms with E-state index in [0.29, 0.717) is 11.5 Å². The van der Waals surface area contributed by atoms with E-state index in [1.165, 1.54) is 12.1 Å². The molecule has 0 aliphatic heterocycles. The minimum atomic E-state index is -0.852. The second-order valence-electron chi connectivity index (χ2n) is 7.37. The Morgan fingerprint density at radius 2 is 1.55 bits per heavy atom. The van der Waals surface area contributed by atoms with Crippen molar-refractivity contribution in [3.8, 4) is 0 Å². The van der Waals surface area contributed by atoms with E-state index in [1.54, 1.807) is 12.1 Å². The number of ether oxygens (including phenoxy) is 1. The highest BCUT2D eigenvalue weighted by Gasteiger charge is 2.28. The lowest BCUT2D eigenvalue weighted by atomic mass is 9.91. The first-order valence-electron chi connectivity index (χ1n) is 10.5. The minimum Gasteiger partial charge on any atom is -0.460 e. The predicted octanol–water partition coefficient (Wildman–Crippen LogP) is 6.66. The second-order valence-corrected chi connectivity index (χ2v) is 7.37. The Morgan fingerprint density at radius 1 is 0.966 bits per heavy atom. The Labute approximate surface area is 172 Å². The van der Waals surface area contributed by atoms with Gasteiger partial charge in [0, 0.05) is 11.8 Å². The summed E-state index contributed by atoms with van der Waals surface area (Å²) in [5.74, 6) is -1.54. The molecule has 1 unspecified atom stereocenters. The van der Waals surface area contributed by atoms with Crippen LogP contribution in [0, 0.1) is 17.6 Å². The average Bonchev–Trinajstić information content (AvgIpc) is 2.70. The van der Waals surface area contributed by atoms with Crippen molar-refractivity contribution >= 4 is 11.7 Å². The third-order valence-electron chi connectivity index (χ3n) is 5.06. The van der Waals surface area contributed by atoms with Crippen LogP contribution in [0.25, 0.3) is 0 Å². The van der Waals surface area contributed by atoms with Gasteiger partial charge in [-0.2, -0.15) is 0 Å². The van der Waals surface area contributed by atoms with E-state index in [0.717, 1.165) is 38.2 Å². The van der Waals surface area contributed by atoms with Gasteiger partial charge in [0.25, 0.3) is 0 Å². The van der Waals surface area contributed by atoms with E-state index in [1.807, 2.05) is 25.1 Å². The first-order chi connectivity index (χ1) is 14.0. The Hall–Kier alpha value is -2.43. The van der Waals surface area contributed by atoms with E-state index >= 15 is 0 Å². The molecule has 0 aromatic heterocycles. The topological polar surface area (TPSA) is 38.3 Å². The SMILES string of the molecule is CCCC(CCC)[C@H](CC)OC(=O)C(Nc1cc(F)cc(F)c1)c1ccccc1. The fourth-order valence-electron chi connectivity index (χ4n) is 3.72. The molecule has 29 heavy (non-hydrogen) atoms. The van der Waals surface area contributed by atoms with Crippen LogP contribution in [0.4, 0.5) is 14.5 Å². The molecule has 158 valence electrons. The number of rotatable bonds is 11. The molecule has 0 radical (unpaired) electrons. The summed E-state index contributed by atoms with van der Waals surface area (Å²) in [4.78, 5) is 13.1. The van der Waals surface area contributed by atoms with Gasteiger partial charge in [0.2, 0.25) is 0 Å². The van der Waals surface area contributed by atoms with Gasteiger partial charge < -0.3 is 10.1 Å². The van der Waals surface area contributed by atoms with Crippen molar-refractivity contribution < 1.29 is 18.3 Å². The first kappa shape index (κ1) is 22.9. The molecular weight excluding hydrogens is 372 g/mol. The summed E-state index contributed by atoms with van der Waals surface area (Å²) in [6.07, 6.45) is 4.60. The summed E-state index contributed by atoms with van der Waals surface area (Å²) in [5.41, 5.74) is 0.875. The lowest BCUT2D eigenvalue weighted by Gasteiger charge is -2.28. The molecular formula is C24H31F2NO2. The van der Waals surface area contributed by atoms with Gasteiger partial charge in [-0.1, -0.05) is 63.9 Å². The van der Waals surface area contributed by atoms with E-state index in [2.05, 4.69) is 19.2 Å². The molecule has 0 aliphatic carbocycles. The summed E-state index contributed by atoms with van der Waals surface area (Å²) in [6, 6.07) is 11.4. The molecule has 2 rings (SSSR count). The molecule has 0 spiro atoms. The van der Waals surface area contributed by atoms with E-state index in [9.17, 15) is 13.6 Å². The zero-order valence-corrected chi connectivity index (χ0v) is 17.5. The molecule has 0 aliphatic rings. The minimum absolute atomic E-state index is 0.181. The fourth-order valence-corrected chi connectivity index (χ4v) is 3.72. The zero-order valence-electron chi connectivity index (χ0n) is 17.5. The molecule has 0 amide bonds. The molecule has 0 saturated heterocycles. The van der Waals surface area contributed by atoms with Crippen LogP contribution >= 0.6 is 0 Å². The van der Waals surface area contributed by atoms with Crippen LogP contribution in [-0.2, 0) is 9.53 Å². The number of hydrogen-bond acceptors (Lipinski definition) is 3. The maximum atomic E-state index is 13.6. The maximum Gasteiger partial charge on any atom is 0.333 e. The lowest BCUT2D eigenvalue weighted by Crippen LogP contribution is -2.32. The number of hydrogen-bond donors (Lipinski definition) is 1. The van der Waals surface area contributed by atoms with Gasteiger partial charge in [0.05, 0.1) is 0 Å². The Bertz CT molecular complexity index is 740. The van der Waals surface area contributed by atoms with Crippen LogP contribution in [0.5, 0.6) is 0 Å². The van der Waals surface area contributed by atoms with Gasteiger partial charge in [0.1, 0.15) is 17.7 Å². The largest absolute Gasteiger partial charge is 0.460 e. The van der Waals surface area contributed by atoms with Crippen molar-refractivity contribution in [3.05, 3.63) is 65.7 Å². The second kappa shape index (κ2) is 11.5. The van der Waals surface area contributed by atoms with Gasteiger partial charge >= 0.3 is 5.97 Å². The van der Waals surface area contributed by atoms with Gasteiger partial charge in [0.15, 0.2) is 6.04 Å². The molecule has 0 heterocycles. The number of carbonyl (C=O) groups excluding carboxylic acids is 1. The first-order valence-corrected chi connectivity index (χ1v) is 10.5. The Balaban J connectivity index is 2.26. The van der Waals surface area contributed by atoms with Crippen LogP contribution in [0.15, 0.2) is 48.5 Å². The smallest absolute Gasteiger partial charge is 0.333 e. The van der Waals surface area contributed by atoms with Crippen LogP contribution in [0.2, 0.25) is 0 Å². The lowest BCUT2D eigenvalue weighted by molar-refractivity contribution is -0.153. The number of carbonyl (C=O) groups is 1. The van der Waals surface area contributed by atoms with Crippen molar-refractivity contribution in [2.75, 3.05) is 5.32 Å². The molecule has 0 saturated carbocycles. The standard InChI is InChI=1S/C24H31F2NO2/c1-4-10-17(11-5-2)22(6-3)29-24(28)23(18-12-8-7-9-13-18)27-21-15-19(25)14-20(26)16-21/h7-9,12-17,22-23,27H,4-6,10-11H2,1-3H3/t22-,23?/m0/s1. The monoisotopic (exact) mass is 403 g/mol.